The average molecular weight is 296 g/mol. The molecule has 0 aromatic carbocycles. The second-order valence-corrected chi connectivity index (χ2v) is 4.31. The van der Waals surface area contributed by atoms with Gasteiger partial charge in [-0.2, -0.15) is 5.10 Å². The lowest BCUT2D eigenvalue weighted by Gasteiger charge is -2.12. The van der Waals surface area contributed by atoms with E-state index in [0.29, 0.717) is 13.0 Å². The maximum Gasteiger partial charge on any atom is 0.326 e. The number of primary amides is 1. The van der Waals surface area contributed by atoms with Gasteiger partial charge < -0.3 is 16.2 Å². The number of carbonyl (C=O) groups excluding carboxylic acids is 2. The maximum absolute atomic E-state index is 11.9. The first kappa shape index (κ1) is 16.3. The van der Waals surface area contributed by atoms with Crippen LogP contribution in [0.15, 0.2) is 16.9 Å². The van der Waals surface area contributed by atoms with Gasteiger partial charge in [-0.1, -0.05) is 6.92 Å². The summed E-state index contributed by atoms with van der Waals surface area (Å²) in [5.74, 6) is -3.04. The monoisotopic (exact) mass is 296 g/mol. The number of aryl methyl sites for hydroxylation is 1. The first-order valence-corrected chi connectivity index (χ1v) is 6.25. The lowest BCUT2D eigenvalue weighted by atomic mass is 10.2. The van der Waals surface area contributed by atoms with E-state index in [1.807, 2.05) is 6.92 Å². The summed E-state index contributed by atoms with van der Waals surface area (Å²) in [5, 5.41) is 14.9. The molecule has 1 unspecified atom stereocenters. The Morgan fingerprint density at radius 2 is 2.10 bits per heavy atom. The van der Waals surface area contributed by atoms with E-state index in [-0.39, 0.29) is 11.3 Å². The molecule has 1 rings (SSSR count). The third-order valence-electron chi connectivity index (χ3n) is 2.54. The summed E-state index contributed by atoms with van der Waals surface area (Å²) < 4.78 is 1.11. The van der Waals surface area contributed by atoms with Crippen LogP contribution in [0.25, 0.3) is 0 Å². The number of hydrogen-bond acceptors (Lipinski definition) is 5. The lowest BCUT2D eigenvalue weighted by molar-refractivity contribution is -0.140. The molecule has 9 heteroatoms. The van der Waals surface area contributed by atoms with Gasteiger partial charge in [0.25, 0.3) is 11.5 Å². The van der Waals surface area contributed by atoms with E-state index in [1.165, 1.54) is 12.1 Å². The topological polar surface area (TPSA) is 144 Å². The largest absolute Gasteiger partial charge is 0.480 e. The van der Waals surface area contributed by atoms with Gasteiger partial charge in [-0.15, -0.1) is 0 Å². The summed E-state index contributed by atoms with van der Waals surface area (Å²) in [6, 6.07) is 0.914. The molecule has 0 fully saturated rings. The van der Waals surface area contributed by atoms with Gasteiger partial charge in [0, 0.05) is 12.6 Å². The fraction of sp³-hybridized carbons (Fsp3) is 0.417. The van der Waals surface area contributed by atoms with Gasteiger partial charge in [0.1, 0.15) is 11.7 Å². The van der Waals surface area contributed by atoms with Gasteiger partial charge in [0.15, 0.2) is 0 Å². The van der Waals surface area contributed by atoms with Crippen LogP contribution in [0.4, 0.5) is 0 Å². The predicted molar refractivity (Wildman–Crippen MR) is 71.5 cm³/mol. The molecule has 114 valence electrons. The first-order chi connectivity index (χ1) is 9.85. The van der Waals surface area contributed by atoms with E-state index in [1.54, 1.807) is 0 Å². The van der Waals surface area contributed by atoms with Gasteiger partial charge >= 0.3 is 5.97 Å². The Labute approximate surface area is 119 Å². The van der Waals surface area contributed by atoms with Crippen molar-refractivity contribution in [3.63, 3.8) is 0 Å². The Morgan fingerprint density at radius 1 is 1.43 bits per heavy atom. The second-order valence-electron chi connectivity index (χ2n) is 4.31. The summed E-state index contributed by atoms with van der Waals surface area (Å²) in [5.41, 5.74) is 4.44. The molecular formula is C12H16N4O5. The third kappa shape index (κ3) is 4.71. The molecule has 0 saturated carbocycles. The number of nitrogens with two attached hydrogens (primary N) is 1. The molecule has 1 heterocycles. The fourth-order valence-corrected chi connectivity index (χ4v) is 1.58. The molecular weight excluding hydrogens is 280 g/mol. The highest BCUT2D eigenvalue weighted by atomic mass is 16.4. The van der Waals surface area contributed by atoms with E-state index in [9.17, 15) is 19.2 Å². The van der Waals surface area contributed by atoms with Crippen molar-refractivity contribution < 1.29 is 19.5 Å². The molecule has 9 nitrogen and oxygen atoms in total. The summed E-state index contributed by atoms with van der Waals surface area (Å²) in [6.45, 7) is 2.18. The summed E-state index contributed by atoms with van der Waals surface area (Å²) in [6.07, 6.45) is 0.118. The molecule has 0 aliphatic carbocycles. The standard InChI is InChI=1S/C12H16N4O5/c1-2-5-16-10(18)4-3-7(15-16)11(19)14-8(12(20)21)6-9(13)17/h3-4,8H,2,5-6H2,1H3,(H2,13,17)(H,14,19)(H,20,21). The molecule has 0 saturated heterocycles. The summed E-state index contributed by atoms with van der Waals surface area (Å²) in [4.78, 5) is 45.1. The lowest BCUT2D eigenvalue weighted by Crippen LogP contribution is -2.44. The van der Waals surface area contributed by atoms with Crippen molar-refractivity contribution in [2.24, 2.45) is 5.73 Å². The number of aliphatic carboxylic acids is 1. The smallest absolute Gasteiger partial charge is 0.326 e. The molecule has 1 aromatic rings. The number of aromatic nitrogens is 2. The van der Waals surface area contributed by atoms with Gasteiger partial charge in [-0.25, -0.2) is 9.48 Å². The van der Waals surface area contributed by atoms with Crippen molar-refractivity contribution in [3.05, 3.63) is 28.2 Å². The van der Waals surface area contributed by atoms with Gasteiger partial charge in [-0.05, 0) is 12.5 Å². The number of nitrogens with one attached hydrogen (secondary N) is 1. The van der Waals surface area contributed by atoms with Crippen molar-refractivity contribution >= 4 is 17.8 Å². The van der Waals surface area contributed by atoms with E-state index >= 15 is 0 Å². The molecule has 4 N–H and O–H groups in total. The highest BCUT2D eigenvalue weighted by Crippen LogP contribution is 1.97. The van der Waals surface area contributed by atoms with Gasteiger partial charge in [0.05, 0.1) is 6.42 Å². The Morgan fingerprint density at radius 3 is 2.62 bits per heavy atom. The van der Waals surface area contributed by atoms with Gasteiger partial charge in [0.2, 0.25) is 5.91 Å². The van der Waals surface area contributed by atoms with Crippen LogP contribution in [0.5, 0.6) is 0 Å². The van der Waals surface area contributed by atoms with Crippen LogP contribution in [0.3, 0.4) is 0 Å². The van der Waals surface area contributed by atoms with Crippen molar-refractivity contribution in [3.8, 4) is 0 Å². The molecule has 2 amide bonds. The van der Waals surface area contributed by atoms with E-state index in [0.717, 1.165) is 4.68 Å². The molecule has 0 spiro atoms. The number of carbonyl (C=O) groups is 3. The predicted octanol–water partition coefficient (Wildman–Crippen LogP) is -1.29. The SMILES string of the molecule is CCCn1nc(C(=O)NC(CC(N)=O)C(=O)O)ccc1=O. The van der Waals surface area contributed by atoms with Crippen LogP contribution in [0, 0.1) is 0 Å². The third-order valence-corrected chi connectivity index (χ3v) is 2.54. The van der Waals surface area contributed by atoms with Crippen molar-refractivity contribution in [1.82, 2.24) is 15.1 Å². The first-order valence-electron chi connectivity index (χ1n) is 6.25. The number of amides is 2. The Hall–Kier alpha value is -2.71. The zero-order chi connectivity index (χ0) is 16.0. The zero-order valence-corrected chi connectivity index (χ0v) is 11.4. The highest BCUT2D eigenvalue weighted by Gasteiger charge is 2.23. The minimum atomic E-state index is -1.44. The van der Waals surface area contributed by atoms with E-state index in [2.05, 4.69) is 10.4 Å². The molecule has 0 aliphatic heterocycles. The molecule has 0 radical (unpaired) electrons. The zero-order valence-electron chi connectivity index (χ0n) is 11.4. The average Bonchev–Trinajstić information content (AvgIpc) is 2.40. The Kier molecular flexibility index (Phi) is 5.58. The van der Waals surface area contributed by atoms with Crippen molar-refractivity contribution in [2.45, 2.75) is 32.4 Å². The van der Waals surface area contributed by atoms with Crippen LogP contribution >= 0.6 is 0 Å². The van der Waals surface area contributed by atoms with Crippen LogP contribution in [0.2, 0.25) is 0 Å². The van der Waals surface area contributed by atoms with Crippen LogP contribution < -0.4 is 16.6 Å². The number of carboxylic acids is 1. The minimum Gasteiger partial charge on any atom is -0.480 e. The van der Waals surface area contributed by atoms with Crippen LogP contribution in [-0.2, 0) is 16.1 Å². The number of carboxylic acid groups (broad SMARTS) is 1. The van der Waals surface area contributed by atoms with Gasteiger partial charge in [-0.3, -0.25) is 14.4 Å². The summed E-state index contributed by atoms with van der Waals surface area (Å²) in [7, 11) is 0. The molecule has 1 aromatic heterocycles. The highest BCUT2D eigenvalue weighted by molar-refractivity contribution is 5.96. The normalized spacial score (nSPS) is 11.7. The number of rotatable bonds is 7. The van der Waals surface area contributed by atoms with Crippen molar-refractivity contribution in [2.75, 3.05) is 0 Å². The number of nitrogens with zero attached hydrogens (tertiary/aromatic N) is 2. The quantitative estimate of drug-likeness (QED) is 0.571. The molecule has 1 atom stereocenters. The fourth-order valence-electron chi connectivity index (χ4n) is 1.58. The molecule has 21 heavy (non-hydrogen) atoms. The van der Waals surface area contributed by atoms with Crippen LogP contribution in [0.1, 0.15) is 30.3 Å². The Balaban J connectivity index is 2.92. The minimum absolute atomic E-state index is 0.112. The molecule has 0 aliphatic rings. The van der Waals surface area contributed by atoms with E-state index in [4.69, 9.17) is 10.8 Å². The van der Waals surface area contributed by atoms with Crippen molar-refractivity contribution in [1.29, 1.82) is 0 Å². The summed E-state index contributed by atoms with van der Waals surface area (Å²) >= 11 is 0. The Bertz CT molecular complexity index is 610. The number of hydrogen-bond donors (Lipinski definition) is 3. The second kappa shape index (κ2) is 7.17. The van der Waals surface area contributed by atoms with E-state index < -0.39 is 30.2 Å². The molecule has 0 bridgehead atoms. The maximum atomic E-state index is 11.9. The van der Waals surface area contributed by atoms with Crippen LogP contribution in [-0.4, -0.2) is 38.7 Å².